The molecule has 0 aliphatic carbocycles. The van der Waals surface area contributed by atoms with Crippen LogP contribution in [0.4, 0.5) is 10.5 Å². The molecule has 3 atom stereocenters. The number of anilines is 1. The summed E-state index contributed by atoms with van der Waals surface area (Å²) in [5.74, 6) is -0.438. The number of ether oxygens (including phenoxy) is 1. The van der Waals surface area contributed by atoms with E-state index in [0.29, 0.717) is 24.2 Å². The maximum Gasteiger partial charge on any atom is 0.408 e. The van der Waals surface area contributed by atoms with E-state index in [2.05, 4.69) is 20.9 Å². The van der Waals surface area contributed by atoms with Gasteiger partial charge >= 0.3 is 6.09 Å². The number of likely N-dealkylation sites (N-methyl/N-ethyl adjacent to an activating group) is 1. The van der Waals surface area contributed by atoms with Gasteiger partial charge in [-0.3, -0.25) is 14.4 Å². The smallest absolute Gasteiger partial charge is 0.408 e. The second-order valence-corrected chi connectivity index (χ2v) is 14.1. The molecule has 1 fully saturated rings. The molecule has 1 aliphatic rings. The van der Waals surface area contributed by atoms with Gasteiger partial charge in [0.1, 0.15) is 17.7 Å². The largest absolute Gasteiger partial charge is 0.444 e. The highest BCUT2D eigenvalue weighted by Crippen LogP contribution is 2.29. The van der Waals surface area contributed by atoms with E-state index < -0.39 is 35.7 Å². The molecule has 276 valence electrons. The number of carbonyl (C=O) groups excluding carboxylic acids is 4. The number of nitrogens with one attached hydrogen (secondary N) is 4. The Morgan fingerprint density at radius 3 is 2.11 bits per heavy atom. The molecule has 4 aromatic carbocycles. The summed E-state index contributed by atoms with van der Waals surface area (Å²) in [6.07, 6.45) is 1.01. The van der Waals surface area contributed by atoms with Crippen molar-refractivity contribution in [2.75, 3.05) is 18.9 Å². The van der Waals surface area contributed by atoms with Crippen LogP contribution in [0.1, 0.15) is 69.8 Å². The minimum atomic E-state index is -0.956. The van der Waals surface area contributed by atoms with Gasteiger partial charge in [-0.2, -0.15) is 0 Å². The zero-order valence-electron chi connectivity index (χ0n) is 29.9. The van der Waals surface area contributed by atoms with E-state index in [4.69, 9.17) is 4.74 Å². The van der Waals surface area contributed by atoms with Crippen molar-refractivity contribution in [1.82, 2.24) is 20.5 Å². The number of H-pyrrole nitrogens is 1. The van der Waals surface area contributed by atoms with Crippen LogP contribution in [0.3, 0.4) is 0 Å². The van der Waals surface area contributed by atoms with Crippen molar-refractivity contribution in [2.45, 2.75) is 71.2 Å². The SMILES string of the molecule is C.CN[C@@H](C(=O)N1CCC[C@H]1C(=O)Cc1ccc2[nH]c(-c3ccc(NC(=O)[C@@H](NC(=O)OC(C)(C)C)c4ccccc4)cc3)cc2c1)c1ccccc1. The van der Waals surface area contributed by atoms with Crippen LogP contribution in [-0.2, 0) is 25.5 Å². The molecule has 10 nitrogen and oxygen atoms in total. The lowest BCUT2D eigenvalue weighted by molar-refractivity contribution is -0.139. The van der Waals surface area contributed by atoms with Gasteiger partial charge in [0.2, 0.25) is 5.91 Å². The molecule has 1 saturated heterocycles. The molecule has 1 aliphatic heterocycles. The highest BCUT2D eigenvalue weighted by Gasteiger charge is 2.37. The number of rotatable bonds is 11. The average molecular weight is 716 g/mol. The van der Waals surface area contributed by atoms with Crippen molar-refractivity contribution in [2.24, 2.45) is 0 Å². The number of hydrogen-bond acceptors (Lipinski definition) is 6. The van der Waals surface area contributed by atoms with Gasteiger partial charge in [0.25, 0.3) is 5.91 Å². The first-order valence-corrected chi connectivity index (χ1v) is 17.6. The first kappa shape index (κ1) is 38.5. The summed E-state index contributed by atoms with van der Waals surface area (Å²) in [5.41, 5.74) is 4.99. The summed E-state index contributed by atoms with van der Waals surface area (Å²) in [5, 5.41) is 9.71. The van der Waals surface area contributed by atoms with Gasteiger partial charge in [-0.05, 0) is 93.2 Å². The number of nitrogens with zero attached hydrogens (tertiary/aromatic N) is 1. The molecule has 53 heavy (non-hydrogen) atoms. The minimum Gasteiger partial charge on any atom is -0.444 e. The molecule has 5 aromatic rings. The van der Waals surface area contributed by atoms with Gasteiger partial charge in [-0.1, -0.05) is 86.3 Å². The molecular weight excluding hydrogens is 667 g/mol. The number of benzene rings is 4. The Morgan fingerprint density at radius 1 is 0.849 bits per heavy atom. The predicted octanol–water partition coefficient (Wildman–Crippen LogP) is 7.74. The average Bonchev–Trinajstić information content (AvgIpc) is 3.79. The first-order valence-electron chi connectivity index (χ1n) is 17.6. The Bertz CT molecular complexity index is 2040. The molecule has 0 saturated carbocycles. The zero-order valence-corrected chi connectivity index (χ0v) is 29.9. The van der Waals surface area contributed by atoms with Crippen molar-refractivity contribution in [3.63, 3.8) is 0 Å². The number of aromatic nitrogens is 1. The fourth-order valence-corrected chi connectivity index (χ4v) is 6.69. The molecule has 6 rings (SSSR count). The number of Topliss-reactive ketones (excluding diaryl/α,β-unsaturated/α-hetero) is 1. The molecule has 0 spiro atoms. The van der Waals surface area contributed by atoms with E-state index in [1.54, 1.807) is 57.0 Å². The molecule has 0 radical (unpaired) electrons. The van der Waals surface area contributed by atoms with Crippen LogP contribution in [-0.4, -0.2) is 58.8 Å². The lowest BCUT2D eigenvalue weighted by Gasteiger charge is -2.28. The molecule has 10 heteroatoms. The number of amides is 3. The van der Waals surface area contributed by atoms with Gasteiger partial charge < -0.3 is 30.6 Å². The van der Waals surface area contributed by atoms with Crippen molar-refractivity contribution in [3.8, 4) is 11.3 Å². The molecule has 1 aromatic heterocycles. The van der Waals surface area contributed by atoms with Crippen molar-refractivity contribution >= 4 is 40.3 Å². The summed E-state index contributed by atoms with van der Waals surface area (Å²) in [6, 6.07) is 32.1. The summed E-state index contributed by atoms with van der Waals surface area (Å²) < 4.78 is 5.40. The van der Waals surface area contributed by atoms with Gasteiger partial charge in [0.15, 0.2) is 5.78 Å². The third-order valence-electron chi connectivity index (χ3n) is 9.16. The van der Waals surface area contributed by atoms with Crippen LogP contribution < -0.4 is 16.0 Å². The highest BCUT2D eigenvalue weighted by molar-refractivity contribution is 5.98. The zero-order chi connectivity index (χ0) is 36.8. The number of ketones is 1. The molecule has 0 unspecified atom stereocenters. The van der Waals surface area contributed by atoms with Crippen molar-refractivity contribution < 1.29 is 23.9 Å². The third-order valence-corrected chi connectivity index (χ3v) is 9.16. The summed E-state index contributed by atoms with van der Waals surface area (Å²) in [7, 11) is 1.77. The number of alkyl carbamates (subject to hydrolysis) is 1. The summed E-state index contributed by atoms with van der Waals surface area (Å²) >= 11 is 0. The summed E-state index contributed by atoms with van der Waals surface area (Å²) in [6.45, 7) is 5.86. The number of hydrogen-bond donors (Lipinski definition) is 4. The quantitative estimate of drug-likeness (QED) is 0.111. The molecule has 4 N–H and O–H groups in total. The predicted molar refractivity (Wildman–Crippen MR) is 209 cm³/mol. The van der Waals surface area contributed by atoms with Crippen molar-refractivity contribution in [3.05, 3.63) is 126 Å². The van der Waals surface area contributed by atoms with Gasteiger partial charge in [0, 0.05) is 35.2 Å². The number of aromatic amines is 1. The normalized spacial score (nSPS) is 15.2. The van der Waals surface area contributed by atoms with E-state index in [9.17, 15) is 19.2 Å². The van der Waals surface area contributed by atoms with E-state index in [0.717, 1.165) is 39.7 Å². The topological polar surface area (TPSA) is 133 Å². The van der Waals surface area contributed by atoms with E-state index >= 15 is 0 Å². The van der Waals surface area contributed by atoms with E-state index in [1.807, 2.05) is 84.9 Å². The van der Waals surface area contributed by atoms with Gasteiger partial charge in [0.05, 0.1) is 6.04 Å². The van der Waals surface area contributed by atoms with Crippen LogP contribution in [0.15, 0.2) is 109 Å². The summed E-state index contributed by atoms with van der Waals surface area (Å²) in [4.78, 5) is 58.3. The lowest BCUT2D eigenvalue weighted by Crippen LogP contribution is -2.46. The third kappa shape index (κ3) is 9.39. The second kappa shape index (κ2) is 16.7. The van der Waals surface area contributed by atoms with Gasteiger partial charge in [-0.25, -0.2) is 4.79 Å². The highest BCUT2D eigenvalue weighted by atomic mass is 16.6. The Hall–Kier alpha value is -5.74. The van der Waals surface area contributed by atoms with Crippen LogP contribution in [0, 0.1) is 0 Å². The minimum absolute atomic E-state index is 0. The standard InChI is InChI=1S/C42H45N5O5.CH4/c1-42(2,3)52-41(51)46-37(29-12-7-5-8-13-29)39(49)44-32-20-18-28(19-21-32)34-26-31-24-27(17-22-33(31)45-34)25-36(48)35-16-11-23-47(35)40(50)38(43-4)30-14-9-6-10-15-30;/h5-10,12-15,17-22,24,26,35,37-38,43,45H,11,16,23,25H2,1-4H3,(H,44,49)(H,46,51);1H4/t35-,37-,38+;/m0./s1. The maximum atomic E-state index is 13.6. The Morgan fingerprint density at radius 2 is 1.49 bits per heavy atom. The Labute approximate surface area is 311 Å². The van der Waals surface area contributed by atoms with E-state index in [-0.39, 0.29) is 25.5 Å². The maximum absolute atomic E-state index is 13.6. The first-order chi connectivity index (χ1) is 25.0. The number of carbonyl (C=O) groups is 4. The monoisotopic (exact) mass is 715 g/mol. The molecule has 0 bridgehead atoms. The fraction of sp³-hybridized carbons (Fsp3) is 0.302. The van der Waals surface area contributed by atoms with Gasteiger partial charge in [-0.15, -0.1) is 0 Å². The second-order valence-electron chi connectivity index (χ2n) is 14.1. The number of fused-ring (bicyclic) bond motifs is 1. The van der Waals surface area contributed by atoms with Crippen LogP contribution in [0.25, 0.3) is 22.2 Å². The molecule has 2 heterocycles. The van der Waals surface area contributed by atoms with E-state index in [1.165, 1.54) is 0 Å². The lowest BCUT2D eigenvalue weighted by atomic mass is 9.99. The Kier molecular flexibility index (Phi) is 12.2. The van der Waals surface area contributed by atoms with Crippen LogP contribution in [0.5, 0.6) is 0 Å². The van der Waals surface area contributed by atoms with Crippen LogP contribution >= 0.6 is 0 Å². The van der Waals surface area contributed by atoms with Crippen molar-refractivity contribution in [1.29, 1.82) is 0 Å². The molecule has 3 amide bonds. The molecular formula is C43H49N5O5. The fourth-order valence-electron chi connectivity index (χ4n) is 6.69. The van der Waals surface area contributed by atoms with Crippen LogP contribution in [0.2, 0.25) is 0 Å². The number of likely N-dealkylation sites (tertiary alicyclic amines) is 1. The Balaban J connectivity index is 0.00000541.